The van der Waals surface area contributed by atoms with E-state index in [1.165, 1.54) is 25.4 Å². The van der Waals surface area contributed by atoms with Crippen molar-refractivity contribution in [1.82, 2.24) is 5.16 Å². The van der Waals surface area contributed by atoms with Gasteiger partial charge in [0.05, 0.1) is 24.6 Å². The Morgan fingerprint density at radius 3 is 2.70 bits per heavy atom. The fraction of sp³-hybridized carbons (Fsp3) is 0.154. The van der Waals surface area contributed by atoms with Gasteiger partial charge in [0.15, 0.2) is 0 Å². The van der Waals surface area contributed by atoms with Gasteiger partial charge in [-0.2, -0.15) is 0 Å². The lowest BCUT2D eigenvalue weighted by molar-refractivity contribution is 0.0697. The van der Waals surface area contributed by atoms with E-state index in [0.717, 1.165) is 0 Å². The molecule has 2 N–H and O–H groups in total. The van der Waals surface area contributed by atoms with Gasteiger partial charge in [-0.05, 0) is 25.1 Å². The molecule has 0 aliphatic carbocycles. The zero-order valence-corrected chi connectivity index (χ0v) is 10.8. The number of nitrogens with one attached hydrogen (secondary N) is 1. The Morgan fingerprint density at radius 1 is 1.40 bits per heavy atom. The van der Waals surface area contributed by atoms with Gasteiger partial charge in [-0.1, -0.05) is 5.16 Å². The maximum Gasteiger partial charge on any atom is 0.337 e. The topological polar surface area (TPSA) is 102 Å². The van der Waals surface area contributed by atoms with Crippen LogP contribution in [0.4, 0.5) is 5.69 Å². The summed E-state index contributed by atoms with van der Waals surface area (Å²) < 4.78 is 9.76. The third-order valence-electron chi connectivity index (χ3n) is 2.66. The lowest BCUT2D eigenvalue weighted by Crippen LogP contribution is -2.15. The quantitative estimate of drug-likeness (QED) is 0.884. The number of hydrogen-bond acceptors (Lipinski definition) is 5. The highest BCUT2D eigenvalue weighted by molar-refractivity contribution is 6.07. The van der Waals surface area contributed by atoms with E-state index >= 15 is 0 Å². The molecular weight excluding hydrogens is 264 g/mol. The van der Waals surface area contributed by atoms with Crippen LogP contribution in [0.5, 0.6) is 5.75 Å². The predicted molar refractivity (Wildman–Crippen MR) is 69.1 cm³/mol. The Hall–Kier alpha value is -2.83. The summed E-state index contributed by atoms with van der Waals surface area (Å²) in [5, 5.41) is 15.1. The van der Waals surface area contributed by atoms with Crippen molar-refractivity contribution in [2.75, 3.05) is 12.4 Å². The number of rotatable bonds is 4. The van der Waals surface area contributed by atoms with Crippen molar-refractivity contribution in [3.8, 4) is 5.75 Å². The first kappa shape index (κ1) is 13.6. The molecule has 2 aromatic rings. The van der Waals surface area contributed by atoms with E-state index in [1.807, 2.05) is 0 Å². The molecule has 0 spiro atoms. The first-order chi connectivity index (χ1) is 9.52. The van der Waals surface area contributed by atoms with Crippen LogP contribution in [-0.4, -0.2) is 29.2 Å². The van der Waals surface area contributed by atoms with Crippen molar-refractivity contribution in [2.24, 2.45) is 0 Å². The highest BCUT2D eigenvalue weighted by Gasteiger charge is 2.18. The summed E-state index contributed by atoms with van der Waals surface area (Å²) in [5.41, 5.74) is 0.641. The summed E-state index contributed by atoms with van der Waals surface area (Å²) in [6.45, 7) is 1.66. The minimum Gasteiger partial charge on any atom is -0.497 e. The van der Waals surface area contributed by atoms with Crippen LogP contribution in [0.1, 0.15) is 26.5 Å². The number of carboxylic acid groups (broad SMARTS) is 1. The van der Waals surface area contributed by atoms with E-state index in [9.17, 15) is 9.59 Å². The summed E-state index contributed by atoms with van der Waals surface area (Å²) >= 11 is 0. The van der Waals surface area contributed by atoms with Gasteiger partial charge in [0.2, 0.25) is 5.76 Å². The molecule has 0 aliphatic rings. The molecule has 1 heterocycles. The van der Waals surface area contributed by atoms with Gasteiger partial charge in [0.1, 0.15) is 5.75 Å². The number of aryl methyl sites for hydroxylation is 1. The van der Waals surface area contributed by atoms with Crippen LogP contribution in [0.2, 0.25) is 0 Å². The smallest absolute Gasteiger partial charge is 0.337 e. The van der Waals surface area contributed by atoms with Gasteiger partial charge < -0.3 is 19.7 Å². The summed E-state index contributed by atoms with van der Waals surface area (Å²) in [5.74, 6) is -1.31. The van der Waals surface area contributed by atoms with Gasteiger partial charge in [-0.25, -0.2) is 4.79 Å². The van der Waals surface area contributed by atoms with Crippen LogP contribution < -0.4 is 10.1 Å². The normalized spacial score (nSPS) is 10.1. The monoisotopic (exact) mass is 276 g/mol. The number of aromatic nitrogens is 1. The summed E-state index contributed by atoms with van der Waals surface area (Å²) in [7, 11) is 1.43. The number of aromatic carboxylic acids is 1. The third kappa shape index (κ3) is 2.61. The second kappa shape index (κ2) is 5.43. The van der Waals surface area contributed by atoms with Crippen molar-refractivity contribution in [3.05, 3.63) is 41.3 Å². The van der Waals surface area contributed by atoms with Crippen molar-refractivity contribution < 1.29 is 24.0 Å². The lowest BCUT2D eigenvalue weighted by atomic mass is 10.1. The Balaban J connectivity index is 2.32. The van der Waals surface area contributed by atoms with Crippen LogP contribution in [0.15, 0.2) is 28.9 Å². The fourth-order valence-electron chi connectivity index (χ4n) is 1.62. The maximum absolute atomic E-state index is 12.0. The molecule has 0 aliphatic heterocycles. The van der Waals surface area contributed by atoms with Crippen molar-refractivity contribution >= 4 is 17.6 Å². The third-order valence-corrected chi connectivity index (χ3v) is 2.66. The van der Waals surface area contributed by atoms with Gasteiger partial charge in [-0.3, -0.25) is 4.79 Å². The number of carbonyl (C=O) groups is 2. The molecule has 1 aromatic heterocycles. The van der Waals surface area contributed by atoms with Crippen molar-refractivity contribution in [2.45, 2.75) is 6.92 Å². The molecule has 0 fully saturated rings. The minimum atomic E-state index is -1.17. The first-order valence-electron chi connectivity index (χ1n) is 5.67. The van der Waals surface area contributed by atoms with Gasteiger partial charge in [-0.15, -0.1) is 0 Å². The Morgan fingerprint density at radius 2 is 2.15 bits per heavy atom. The van der Waals surface area contributed by atoms with Gasteiger partial charge >= 0.3 is 5.97 Å². The number of benzene rings is 1. The predicted octanol–water partition coefficient (Wildman–Crippen LogP) is 1.94. The second-order valence-electron chi connectivity index (χ2n) is 4.01. The highest BCUT2D eigenvalue weighted by atomic mass is 16.5. The summed E-state index contributed by atoms with van der Waals surface area (Å²) in [6, 6.07) is 4.33. The van der Waals surface area contributed by atoms with E-state index in [0.29, 0.717) is 11.3 Å². The minimum absolute atomic E-state index is 0.0390. The van der Waals surface area contributed by atoms with E-state index < -0.39 is 11.9 Å². The van der Waals surface area contributed by atoms with Crippen LogP contribution in [0, 0.1) is 6.92 Å². The largest absolute Gasteiger partial charge is 0.497 e. The maximum atomic E-state index is 12.0. The molecule has 0 unspecified atom stereocenters. The number of amides is 1. The molecule has 0 atom stereocenters. The van der Waals surface area contributed by atoms with Crippen LogP contribution in [0.25, 0.3) is 0 Å². The molecule has 0 saturated heterocycles. The summed E-state index contributed by atoms with van der Waals surface area (Å²) in [4.78, 5) is 23.1. The van der Waals surface area contributed by atoms with Crippen LogP contribution in [0.3, 0.4) is 0 Å². The van der Waals surface area contributed by atoms with Gasteiger partial charge in [0, 0.05) is 5.56 Å². The summed E-state index contributed by atoms with van der Waals surface area (Å²) in [6.07, 6.45) is 1.40. The molecular formula is C13H12N2O5. The van der Waals surface area contributed by atoms with Gasteiger partial charge in [0.25, 0.3) is 5.91 Å². The zero-order valence-electron chi connectivity index (χ0n) is 10.8. The SMILES string of the molecule is COc1ccc(NC(=O)c2oncc2C)c(C(=O)O)c1. The number of carboxylic acids is 1. The average Bonchev–Trinajstić information content (AvgIpc) is 2.85. The number of carbonyl (C=O) groups excluding carboxylic acids is 1. The van der Waals surface area contributed by atoms with Crippen molar-refractivity contribution in [3.63, 3.8) is 0 Å². The number of methoxy groups -OCH3 is 1. The Kier molecular flexibility index (Phi) is 3.69. The number of hydrogen-bond donors (Lipinski definition) is 2. The molecule has 7 nitrogen and oxygen atoms in total. The Labute approximate surface area is 114 Å². The highest BCUT2D eigenvalue weighted by Crippen LogP contribution is 2.23. The first-order valence-corrected chi connectivity index (χ1v) is 5.67. The van der Waals surface area contributed by atoms with E-state index in [-0.39, 0.29) is 17.0 Å². The number of anilines is 1. The molecule has 1 aromatic carbocycles. The lowest BCUT2D eigenvalue weighted by Gasteiger charge is -2.09. The zero-order chi connectivity index (χ0) is 14.7. The molecule has 104 valence electrons. The fourth-order valence-corrected chi connectivity index (χ4v) is 1.62. The van der Waals surface area contributed by atoms with Crippen LogP contribution >= 0.6 is 0 Å². The van der Waals surface area contributed by atoms with E-state index in [4.69, 9.17) is 14.4 Å². The molecule has 0 bridgehead atoms. The standard InChI is InChI=1S/C13H12N2O5/c1-7-6-14-20-11(7)12(16)15-10-4-3-8(19-2)5-9(10)13(17)18/h3-6H,1-2H3,(H,15,16)(H,17,18). The van der Waals surface area contributed by atoms with E-state index in [2.05, 4.69) is 10.5 Å². The second-order valence-corrected chi connectivity index (χ2v) is 4.01. The number of nitrogens with zero attached hydrogens (tertiary/aromatic N) is 1. The molecule has 1 amide bonds. The number of ether oxygens (including phenoxy) is 1. The molecule has 20 heavy (non-hydrogen) atoms. The molecule has 0 radical (unpaired) electrons. The average molecular weight is 276 g/mol. The Bertz CT molecular complexity index is 663. The molecule has 0 saturated carbocycles. The molecule has 2 rings (SSSR count). The van der Waals surface area contributed by atoms with Crippen LogP contribution in [-0.2, 0) is 0 Å². The molecule has 7 heteroatoms. The van der Waals surface area contributed by atoms with E-state index in [1.54, 1.807) is 13.0 Å². The van der Waals surface area contributed by atoms with Crippen molar-refractivity contribution in [1.29, 1.82) is 0 Å².